The minimum Gasteiger partial charge on any atom is -0.378 e. The zero-order valence-corrected chi connectivity index (χ0v) is 9.67. The van der Waals surface area contributed by atoms with Gasteiger partial charge < -0.3 is 10.5 Å². The molecule has 0 amide bonds. The maximum atomic E-state index is 8.75. The molecule has 0 heterocycles. The summed E-state index contributed by atoms with van der Waals surface area (Å²) in [4.78, 5) is 0. The molecular formula is C12H22N2O. The molecule has 15 heavy (non-hydrogen) atoms. The van der Waals surface area contributed by atoms with E-state index < -0.39 is 5.54 Å². The molecule has 1 atom stereocenters. The fraction of sp³-hybridized carbons (Fsp3) is 0.917. The van der Waals surface area contributed by atoms with Crippen molar-refractivity contribution in [3.63, 3.8) is 0 Å². The lowest BCUT2D eigenvalue weighted by molar-refractivity contribution is 0.0368. The van der Waals surface area contributed by atoms with E-state index in [1.165, 1.54) is 38.5 Å². The van der Waals surface area contributed by atoms with Crippen LogP contribution >= 0.6 is 0 Å². The topological polar surface area (TPSA) is 59.0 Å². The van der Waals surface area contributed by atoms with Crippen molar-refractivity contribution in [1.82, 2.24) is 0 Å². The Kier molecular flexibility index (Phi) is 5.07. The standard InChI is InChI=1S/C12H22N2O/c1-12(14,10-13)8-9-15-11-6-4-2-3-5-7-11/h11H,2-9,14H2,1H3. The highest BCUT2D eigenvalue weighted by Crippen LogP contribution is 2.20. The number of nitrogens with two attached hydrogens (primary N) is 1. The largest absolute Gasteiger partial charge is 0.378 e. The number of nitrogens with zero attached hydrogens (tertiary/aromatic N) is 1. The second kappa shape index (κ2) is 6.09. The van der Waals surface area contributed by atoms with Crippen molar-refractivity contribution in [2.75, 3.05) is 6.61 Å². The van der Waals surface area contributed by atoms with Crippen LogP contribution in [0, 0.1) is 11.3 Å². The van der Waals surface area contributed by atoms with Crippen molar-refractivity contribution in [1.29, 1.82) is 5.26 Å². The Morgan fingerprint density at radius 1 is 1.33 bits per heavy atom. The molecule has 3 nitrogen and oxygen atoms in total. The first-order valence-electron chi connectivity index (χ1n) is 5.96. The minimum atomic E-state index is -0.731. The second-order valence-corrected chi connectivity index (χ2v) is 4.76. The molecule has 0 saturated heterocycles. The van der Waals surface area contributed by atoms with Gasteiger partial charge in [0.05, 0.1) is 12.2 Å². The Morgan fingerprint density at radius 3 is 2.47 bits per heavy atom. The highest BCUT2D eigenvalue weighted by atomic mass is 16.5. The maximum Gasteiger partial charge on any atom is 0.103 e. The molecule has 1 aliphatic rings. The van der Waals surface area contributed by atoms with Gasteiger partial charge in [0, 0.05) is 13.0 Å². The van der Waals surface area contributed by atoms with Crippen LogP contribution in [0.5, 0.6) is 0 Å². The number of hydrogen-bond acceptors (Lipinski definition) is 3. The van der Waals surface area contributed by atoms with Gasteiger partial charge >= 0.3 is 0 Å². The van der Waals surface area contributed by atoms with E-state index in [2.05, 4.69) is 6.07 Å². The number of nitriles is 1. The summed E-state index contributed by atoms with van der Waals surface area (Å²) in [5.74, 6) is 0. The molecule has 3 heteroatoms. The summed E-state index contributed by atoms with van der Waals surface area (Å²) < 4.78 is 5.77. The Labute approximate surface area is 92.6 Å². The van der Waals surface area contributed by atoms with E-state index in [0.717, 1.165) is 0 Å². The third kappa shape index (κ3) is 5.15. The molecule has 0 aromatic rings. The molecule has 0 radical (unpaired) electrons. The molecule has 0 aromatic carbocycles. The van der Waals surface area contributed by atoms with Gasteiger partial charge in [0.15, 0.2) is 0 Å². The average Bonchev–Trinajstić information content (AvgIpc) is 2.46. The fourth-order valence-corrected chi connectivity index (χ4v) is 1.90. The number of ether oxygens (including phenoxy) is 1. The van der Waals surface area contributed by atoms with Crippen molar-refractivity contribution in [2.24, 2.45) is 5.73 Å². The normalized spacial score (nSPS) is 22.7. The van der Waals surface area contributed by atoms with Crippen LogP contribution in [0.4, 0.5) is 0 Å². The Bertz CT molecular complexity index is 212. The zero-order chi connectivity index (χ0) is 11.1. The van der Waals surface area contributed by atoms with Crippen LogP contribution in [0.3, 0.4) is 0 Å². The molecule has 1 saturated carbocycles. The van der Waals surface area contributed by atoms with Crippen LogP contribution in [0.2, 0.25) is 0 Å². The van der Waals surface area contributed by atoms with E-state index >= 15 is 0 Å². The molecule has 0 spiro atoms. The van der Waals surface area contributed by atoms with Crippen molar-refractivity contribution < 1.29 is 4.74 Å². The van der Waals surface area contributed by atoms with Gasteiger partial charge in [-0.15, -0.1) is 0 Å². The minimum absolute atomic E-state index is 0.405. The predicted octanol–water partition coefficient (Wildman–Crippen LogP) is 2.36. The van der Waals surface area contributed by atoms with Crippen LogP contribution < -0.4 is 5.73 Å². The van der Waals surface area contributed by atoms with E-state index in [0.29, 0.717) is 19.1 Å². The van der Waals surface area contributed by atoms with Crippen molar-refractivity contribution >= 4 is 0 Å². The van der Waals surface area contributed by atoms with Gasteiger partial charge in [0.25, 0.3) is 0 Å². The summed E-state index contributed by atoms with van der Waals surface area (Å²) in [6, 6.07) is 2.09. The van der Waals surface area contributed by atoms with Gasteiger partial charge in [0.2, 0.25) is 0 Å². The molecule has 1 fully saturated rings. The molecule has 1 rings (SSSR count). The average molecular weight is 210 g/mol. The highest BCUT2D eigenvalue weighted by Gasteiger charge is 2.18. The van der Waals surface area contributed by atoms with Crippen molar-refractivity contribution in [3.05, 3.63) is 0 Å². The summed E-state index contributed by atoms with van der Waals surface area (Å²) in [6.07, 6.45) is 8.62. The van der Waals surface area contributed by atoms with Gasteiger partial charge in [-0.1, -0.05) is 25.7 Å². The summed E-state index contributed by atoms with van der Waals surface area (Å²) in [6.45, 7) is 2.37. The van der Waals surface area contributed by atoms with Crippen LogP contribution in [-0.2, 0) is 4.74 Å². The monoisotopic (exact) mass is 210 g/mol. The fourth-order valence-electron chi connectivity index (χ4n) is 1.90. The third-order valence-electron chi connectivity index (χ3n) is 3.03. The van der Waals surface area contributed by atoms with Crippen LogP contribution in [0.15, 0.2) is 0 Å². The van der Waals surface area contributed by atoms with Crippen LogP contribution in [0.25, 0.3) is 0 Å². The molecule has 0 bridgehead atoms. The number of hydrogen-bond donors (Lipinski definition) is 1. The molecule has 1 unspecified atom stereocenters. The van der Waals surface area contributed by atoms with Gasteiger partial charge in [0.1, 0.15) is 5.54 Å². The Balaban J connectivity index is 2.16. The highest BCUT2D eigenvalue weighted by molar-refractivity contribution is 5.00. The summed E-state index contributed by atoms with van der Waals surface area (Å²) >= 11 is 0. The van der Waals surface area contributed by atoms with Crippen LogP contribution in [-0.4, -0.2) is 18.2 Å². The van der Waals surface area contributed by atoms with Gasteiger partial charge in [-0.25, -0.2) is 0 Å². The first-order valence-corrected chi connectivity index (χ1v) is 5.96. The predicted molar refractivity (Wildman–Crippen MR) is 60.3 cm³/mol. The van der Waals surface area contributed by atoms with E-state index in [1.807, 2.05) is 0 Å². The van der Waals surface area contributed by atoms with E-state index in [9.17, 15) is 0 Å². The Hall–Kier alpha value is -0.590. The zero-order valence-electron chi connectivity index (χ0n) is 9.67. The Morgan fingerprint density at radius 2 is 1.93 bits per heavy atom. The van der Waals surface area contributed by atoms with Gasteiger partial charge in [-0.05, 0) is 19.8 Å². The molecule has 0 aliphatic heterocycles. The van der Waals surface area contributed by atoms with Gasteiger partial charge in [-0.2, -0.15) is 5.26 Å². The lowest BCUT2D eigenvalue weighted by atomic mass is 10.0. The van der Waals surface area contributed by atoms with E-state index in [4.69, 9.17) is 15.7 Å². The SMILES string of the molecule is CC(N)(C#N)CCOC1CCCCCC1. The molecule has 0 aromatic heterocycles. The lowest BCUT2D eigenvalue weighted by Crippen LogP contribution is -2.35. The molecule has 86 valence electrons. The first kappa shape index (κ1) is 12.5. The van der Waals surface area contributed by atoms with Crippen molar-refractivity contribution in [3.8, 4) is 6.07 Å². The van der Waals surface area contributed by atoms with Crippen molar-refractivity contribution in [2.45, 2.75) is 63.5 Å². The van der Waals surface area contributed by atoms with Gasteiger partial charge in [-0.3, -0.25) is 0 Å². The second-order valence-electron chi connectivity index (χ2n) is 4.76. The maximum absolute atomic E-state index is 8.75. The summed E-state index contributed by atoms with van der Waals surface area (Å²) in [5, 5.41) is 8.75. The van der Waals surface area contributed by atoms with Crippen LogP contribution in [0.1, 0.15) is 51.9 Å². The molecule has 2 N–H and O–H groups in total. The summed E-state index contributed by atoms with van der Waals surface area (Å²) in [5.41, 5.74) is 4.99. The van der Waals surface area contributed by atoms with E-state index in [1.54, 1.807) is 6.92 Å². The smallest absolute Gasteiger partial charge is 0.103 e. The quantitative estimate of drug-likeness (QED) is 0.725. The lowest BCUT2D eigenvalue weighted by Gasteiger charge is -2.19. The first-order chi connectivity index (χ1) is 7.14. The third-order valence-corrected chi connectivity index (χ3v) is 3.03. The molecular weight excluding hydrogens is 188 g/mol. The summed E-state index contributed by atoms with van der Waals surface area (Å²) in [7, 11) is 0. The molecule has 1 aliphatic carbocycles. The number of rotatable bonds is 4. The van der Waals surface area contributed by atoms with E-state index in [-0.39, 0.29) is 0 Å².